The van der Waals surface area contributed by atoms with E-state index in [1.54, 1.807) is 11.8 Å². The Morgan fingerprint density at radius 3 is 2.47 bits per heavy atom. The highest BCUT2D eigenvalue weighted by Crippen LogP contribution is 2.35. The Morgan fingerprint density at radius 2 is 2.05 bits per heavy atom. The van der Waals surface area contributed by atoms with Gasteiger partial charge in [-0.25, -0.2) is 0 Å². The number of likely N-dealkylation sites (tertiary alicyclic amines) is 1. The lowest BCUT2D eigenvalue weighted by atomic mass is 9.76. The maximum absolute atomic E-state index is 12.3. The molecule has 1 aliphatic heterocycles. The minimum Gasteiger partial charge on any atom is -0.481 e. The van der Waals surface area contributed by atoms with Crippen LogP contribution >= 0.6 is 11.5 Å². The normalized spacial score (nSPS) is 18.3. The zero-order valence-corrected chi connectivity index (χ0v) is 11.9. The van der Waals surface area contributed by atoms with Gasteiger partial charge in [-0.1, -0.05) is 11.4 Å². The number of carboxylic acids is 1. The molecule has 0 unspecified atom stereocenters. The molecule has 19 heavy (non-hydrogen) atoms. The average molecular weight is 283 g/mol. The third kappa shape index (κ3) is 2.47. The fourth-order valence-electron chi connectivity index (χ4n) is 2.43. The molecule has 1 N–H and O–H groups in total. The van der Waals surface area contributed by atoms with Crippen LogP contribution in [0.5, 0.6) is 0 Å². The Morgan fingerprint density at radius 1 is 1.42 bits per heavy atom. The molecule has 0 radical (unpaired) electrons. The molecule has 1 amide bonds. The van der Waals surface area contributed by atoms with E-state index >= 15 is 0 Å². The summed E-state index contributed by atoms with van der Waals surface area (Å²) < 4.78 is 3.76. The summed E-state index contributed by atoms with van der Waals surface area (Å²) in [5, 5.41) is 13.2. The monoisotopic (exact) mass is 283 g/mol. The summed E-state index contributed by atoms with van der Waals surface area (Å²) in [4.78, 5) is 25.9. The number of carboxylic acid groups (broad SMARTS) is 1. The van der Waals surface area contributed by atoms with Gasteiger partial charge in [0.1, 0.15) is 4.88 Å². The first-order valence-electron chi connectivity index (χ1n) is 6.32. The molecule has 0 aliphatic carbocycles. The van der Waals surface area contributed by atoms with Crippen LogP contribution in [0.1, 0.15) is 41.6 Å². The number of carbonyl (C=O) groups is 2. The van der Waals surface area contributed by atoms with Gasteiger partial charge in [0.05, 0.1) is 11.1 Å². The molecule has 7 heteroatoms. The zero-order chi connectivity index (χ0) is 14.0. The van der Waals surface area contributed by atoms with Crippen molar-refractivity contribution >= 4 is 23.4 Å². The molecule has 104 valence electrons. The molecule has 2 rings (SSSR count). The highest BCUT2D eigenvalue weighted by molar-refractivity contribution is 7.07. The van der Waals surface area contributed by atoms with E-state index in [0.717, 1.165) is 11.5 Å². The maximum Gasteiger partial charge on any atom is 0.309 e. The van der Waals surface area contributed by atoms with Crippen molar-refractivity contribution in [3.8, 4) is 0 Å². The summed E-state index contributed by atoms with van der Waals surface area (Å²) in [7, 11) is 0. The molecule has 1 aromatic rings. The minimum absolute atomic E-state index is 0.0809. The van der Waals surface area contributed by atoms with Gasteiger partial charge < -0.3 is 10.0 Å². The van der Waals surface area contributed by atoms with E-state index in [2.05, 4.69) is 9.59 Å². The molecule has 0 spiro atoms. The Labute approximate surface area is 115 Å². The van der Waals surface area contributed by atoms with Gasteiger partial charge in [0.25, 0.3) is 5.91 Å². The summed E-state index contributed by atoms with van der Waals surface area (Å²) in [5.74, 6) is -0.833. The quantitative estimate of drug-likeness (QED) is 0.910. The van der Waals surface area contributed by atoms with Crippen molar-refractivity contribution in [3.63, 3.8) is 0 Å². The summed E-state index contributed by atoms with van der Waals surface area (Å²) in [5.41, 5.74) is -0.0295. The zero-order valence-electron chi connectivity index (χ0n) is 11.0. The highest BCUT2D eigenvalue weighted by Gasteiger charge is 2.41. The predicted octanol–water partition coefficient (Wildman–Crippen LogP) is 1.56. The molecule has 2 heterocycles. The van der Waals surface area contributed by atoms with Crippen LogP contribution in [0.4, 0.5) is 0 Å². The number of aromatic nitrogens is 2. The predicted molar refractivity (Wildman–Crippen MR) is 70.1 cm³/mol. The molecular weight excluding hydrogens is 266 g/mol. The SMILES string of the molecule is CCC1(C(=O)O)CCN(C(=O)c2snnc2C)CC1. The smallest absolute Gasteiger partial charge is 0.309 e. The molecule has 0 bridgehead atoms. The van der Waals surface area contributed by atoms with Crippen LogP contribution in [0.2, 0.25) is 0 Å². The van der Waals surface area contributed by atoms with Gasteiger partial charge in [-0.2, -0.15) is 0 Å². The molecule has 1 fully saturated rings. The number of piperidine rings is 1. The third-order valence-corrected chi connectivity index (χ3v) is 4.80. The summed E-state index contributed by atoms with van der Waals surface area (Å²) in [6.45, 7) is 4.61. The first-order valence-corrected chi connectivity index (χ1v) is 7.09. The molecule has 1 aliphatic rings. The van der Waals surface area contributed by atoms with Gasteiger partial charge in [0, 0.05) is 13.1 Å². The third-order valence-electron chi connectivity index (χ3n) is 3.98. The number of hydrogen-bond acceptors (Lipinski definition) is 5. The maximum atomic E-state index is 12.3. The lowest BCUT2D eigenvalue weighted by molar-refractivity contribution is -0.152. The van der Waals surface area contributed by atoms with Gasteiger partial charge in [0.15, 0.2) is 0 Å². The van der Waals surface area contributed by atoms with Crippen LogP contribution in [0.3, 0.4) is 0 Å². The summed E-state index contributed by atoms with van der Waals surface area (Å²) in [6, 6.07) is 0. The van der Waals surface area contributed by atoms with Gasteiger partial charge in [0.2, 0.25) is 0 Å². The summed E-state index contributed by atoms with van der Waals surface area (Å²) in [6.07, 6.45) is 1.62. The molecule has 6 nitrogen and oxygen atoms in total. The standard InChI is InChI=1S/C12H17N3O3S/c1-3-12(11(17)18)4-6-15(7-5-12)10(16)9-8(2)13-14-19-9/h3-7H2,1-2H3,(H,17,18). The van der Waals surface area contributed by atoms with E-state index in [9.17, 15) is 14.7 Å². The van der Waals surface area contributed by atoms with Crippen LogP contribution < -0.4 is 0 Å². The molecule has 1 saturated heterocycles. The number of aliphatic carboxylic acids is 1. The van der Waals surface area contributed by atoms with Crippen molar-refractivity contribution in [2.75, 3.05) is 13.1 Å². The average Bonchev–Trinajstić information content (AvgIpc) is 2.84. The van der Waals surface area contributed by atoms with E-state index in [4.69, 9.17) is 0 Å². The molecule has 1 aromatic heterocycles. The van der Waals surface area contributed by atoms with E-state index in [1.807, 2.05) is 6.92 Å². The van der Waals surface area contributed by atoms with Crippen LogP contribution in [0.15, 0.2) is 0 Å². The first-order chi connectivity index (χ1) is 9.00. The topological polar surface area (TPSA) is 83.4 Å². The Balaban J connectivity index is 2.06. The summed E-state index contributed by atoms with van der Waals surface area (Å²) >= 11 is 1.09. The van der Waals surface area contributed by atoms with Crippen molar-refractivity contribution < 1.29 is 14.7 Å². The largest absolute Gasteiger partial charge is 0.481 e. The van der Waals surface area contributed by atoms with Crippen molar-refractivity contribution in [1.29, 1.82) is 0 Å². The number of nitrogens with zero attached hydrogens (tertiary/aromatic N) is 3. The molecule has 0 aromatic carbocycles. The van der Waals surface area contributed by atoms with E-state index in [1.165, 1.54) is 0 Å². The van der Waals surface area contributed by atoms with E-state index in [0.29, 0.717) is 42.9 Å². The highest BCUT2D eigenvalue weighted by atomic mass is 32.1. The van der Waals surface area contributed by atoms with Crippen molar-refractivity contribution in [2.24, 2.45) is 5.41 Å². The number of amides is 1. The molecule has 0 saturated carbocycles. The van der Waals surface area contributed by atoms with E-state index in [-0.39, 0.29) is 5.91 Å². The molecule has 0 atom stereocenters. The fraction of sp³-hybridized carbons (Fsp3) is 0.667. The Kier molecular flexibility index (Phi) is 3.84. The number of hydrogen-bond donors (Lipinski definition) is 1. The van der Waals surface area contributed by atoms with Crippen LogP contribution in [-0.4, -0.2) is 44.6 Å². The number of carbonyl (C=O) groups excluding carboxylic acids is 1. The van der Waals surface area contributed by atoms with Crippen molar-refractivity contribution in [2.45, 2.75) is 33.1 Å². The van der Waals surface area contributed by atoms with Gasteiger partial charge in [-0.05, 0) is 37.7 Å². The van der Waals surface area contributed by atoms with Crippen LogP contribution in [-0.2, 0) is 4.79 Å². The van der Waals surface area contributed by atoms with Gasteiger partial charge in [-0.3, -0.25) is 9.59 Å². The fourth-order valence-corrected chi connectivity index (χ4v) is 3.05. The van der Waals surface area contributed by atoms with E-state index < -0.39 is 11.4 Å². The molecular formula is C12H17N3O3S. The van der Waals surface area contributed by atoms with Crippen LogP contribution in [0.25, 0.3) is 0 Å². The minimum atomic E-state index is -0.752. The first kappa shape index (κ1) is 13.9. The Bertz CT molecular complexity index is 492. The second-order valence-electron chi connectivity index (χ2n) is 4.92. The lowest BCUT2D eigenvalue weighted by Gasteiger charge is -2.38. The second kappa shape index (κ2) is 5.24. The van der Waals surface area contributed by atoms with Crippen LogP contribution in [0, 0.1) is 12.3 Å². The second-order valence-corrected chi connectivity index (χ2v) is 5.67. The number of rotatable bonds is 3. The van der Waals surface area contributed by atoms with Crippen molar-refractivity contribution in [1.82, 2.24) is 14.5 Å². The van der Waals surface area contributed by atoms with Crippen molar-refractivity contribution in [3.05, 3.63) is 10.6 Å². The van der Waals surface area contributed by atoms with Gasteiger partial charge in [-0.15, -0.1) is 5.10 Å². The van der Waals surface area contributed by atoms with Gasteiger partial charge >= 0.3 is 5.97 Å². The Hall–Kier alpha value is -1.50. The lowest BCUT2D eigenvalue weighted by Crippen LogP contribution is -2.46. The number of aryl methyl sites for hydroxylation is 1.